The summed E-state index contributed by atoms with van der Waals surface area (Å²) in [6, 6.07) is 7.50. The van der Waals surface area contributed by atoms with E-state index in [1.165, 1.54) is 23.1 Å². The molecule has 2 heterocycles. The molecule has 36 heavy (non-hydrogen) atoms. The maximum absolute atomic E-state index is 12.8. The minimum absolute atomic E-state index is 0.0841. The van der Waals surface area contributed by atoms with Crippen LogP contribution >= 0.6 is 35.3 Å². The first-order valence-corrected chi connectivity index (χ1v) is 14.0. The lowest BCUT2D eigenvalue weighted by molar-refractivity contribution is -0.122. The van der Waals surface area contributed by atoms with E-state index >= 15 is 0 Å². The van der Waals surface area contributed by atoms with Crippen molar-refractivity contribution in [2.24, 2.45) is 5.73 Å². The molecule has 10 heteroatoms. The molecule has 0 saturated carbocycles. The summed E-state index contributed by atoms with van der Waals surface area (Å²) in [7, 11) is 1.61. The van der Waals surface area contributed by atoms with E-state index in [1.54, 1.807) is 12.0 Å². The predicted molar refractivity (Wildman–Crippen MR) is 149 cm³/mol. The lowest BCUT2D eigenvalue weighted by atomic mass is 9.95. The maximum Gasteiger partial charge on any atom is 0.266 e. The van der Waals surface area contributed by atoms with E-state index in [0.29, 0.717) is 39.2 Å². The van der Waals surface area contributed by atoms with Gasteiger partial charge in [-0.05, 0) is 67.9 Å². The van der Waals surface area contributed by atoms with Crippen LogP contribution in [0.1, 0.15) is 64.9 Å². The van der Waals surface area contributed by atoms with Crippen LogP contribution in [0.25, 0.3) is 6.08 Å². The van der Waals surface area contributed by atoms with E-state index in [-0.39, 0.29) is 11.8 Å². The molecule has 0 unspecified atom stereocenters. The fourth-order valence-corrected chi connectivity index (χ4v) is 7.00. The van der Waals surface area contributed by atoms with Crippen LogP contribution in [0.5, 0.6) is 5.75 Å². The Hall–Kier alpha value is -2.69. The minimum Gasteiger partial charge on any atom is -0.497 e. The first kappa shape index (κ1) is 26.4. The topological polar surface area (TPSA) is 102 Å². The van der Waals surface area contributed by atoms with E-state index in [9.17, 15) is 14.4 Å². The number of thiophene rings is 1. The molecule has 1 aliphatic carbocycles. The van der Waals surface area contributed by atoms with Crippen molar-refractivity contribution in [3.63, 3.8) is 0 Å². The molecule has 0 bridgehead atoms. The number of carbonyl (C=O) groups excluding carboxylic acids is 3. The zero-order valence-electron chi connectivity index (χ0n) is 20.1. The number of hydrogen-bond donors (Lipinski definition) is 2. The van der Waals surface area contributed by atoms with Gasteiger partial charge in [0.15, 0.2) is 0 Å². The monoisotopic (exact) mass is 543 g/mol. The summed E-state index contributed by atoms with van der Waals surface area (Å²) in [6.45, 7) is 0.524. The molecule has 4 rings (SSSR count). The van der Waals surface area contributed by atoms with Gasteiger partial charge < -0.3 is 15.8 Å². The molecule has 2 aliphatic rings. The molecule has 3 amide bonds. The van der Waals surface area contributed by atoms with E-state index in [4.69, 9.17) is 22.7 Å². The van der Waals surface area contributed by atoms with E-state index < -0.39 is 5.91 Å². The standard InChI is InChI=1S/C26H29N3O4S3/c1-33-17-12-10-16(11-13-17)15-20-25(32)29(26(34)36-20)14-6-2-3-9-21(30)28-24-22(23(27)31)18-7-4-5-8-19(18)35-24/h10-13,15H,2-9,14H2,1H3,(H2,27,31)(H,28,30)/b20-15-. The lowest BCUT2D eigenvalue weighted by Crippen LogP contribution is -2.29. The fraction of sp³-hybridized carbons (Fsp3) is 0.385. The Balaban J connectivity index is 1.23. The molecule has 7 nitrogen and oxygen atoms in total. The van der Waals surface area contributed by atoms with Crippen LogP contribution in [0.4, 0.5) is 5.00 Å². The highest BCUT2D eigenvalue weighted by Crippen LogP contribution is 2.38. The number of ether oxygens (including phenoxy) is 1. The number of carbonyl (C=O) groups is 3. The summed E-state index contributed by atoms with van der Waals surface area (Å²) in [5, 5.41) is 3.49. The van der Waals surface area contributed by atoms with Gasteiger partial charge in [0.05, 0.1) is 17.6 Å². The first-order valence-electron chi connectivity index (χ1n) is 12.0. The van der Waals surface area contributed by atoms with Crippen LogP contribution in [0, 0.1) is 0 Å². The van der Waals surface area contributed by atoms with Crippen molar-refractivity contribution in [3.05, 3.63) is 50.7 Å². The quantitative estimate of drug-likeness (QED) is 0.245. The fourth-order valence-electron chi connectivity index (χ4n) is 4.38. The number of benzene rings is 1. The van der Waals surface area contributed by atoms with Crippen LogP contribution in [0.15, 0.2) is 29.2 Å². The van der Waals surface area contributed by atoms with E-state index in [1.807, 2.05) is 30.3 Å². The lowest BCUT2D eigenvalue weighted by Gasteiger charge is -2.14. The maximum atomic E-state index is 12.8. The highest BCUT2D eigenvalue weighted by Gasteiger charge is 2.31. The smallest absolute Gasteiger partial charge is 0.266 e. The molecule has 190 valence electrons. The molecule has 0 spiro atoms. The van der Waals surface area contributed by atoms with Crippen LogP contribution < -0.4 is 15.8 Å². The Morgan fingerprint density at radius 3 is 2.64 bits per heavy atom. The summed E-state index contributed by atoms with van der Waals surface area (Å²) in [4.78, 5) is 40.7. The number of hydrogen-bond acceptors (Lipinski definition) is 7. The van der Waals surface area contributed by atoms with Crippen molar-refractivity contribution in [2.75, 3.05) is 19.0 Å². The zero-order valence-corrected chi connectivity index (χ0v) is 22.6. The molecule has 1 aromatic heterocycles. The number of fused-ring (bicyclic) bond motifs is 1. The van der Waals surface area contributed by atoms with Crippen molar-refractivity contribution < 1.29 is 19.1 Å². The molecule has 2 aromatic rings. The predicted octanol–water partition coefficient (Wildman–Crippen LogP) is 5.13. The summed E-state index contributed by atoms with van der Waals surface area (Å²) in [6.07, 6.45) is 8.30. The molecule has 3 N–H and O–H groups in total. The Kier molecular flexibility index (Phi) is 8.81. The number of aryl methyl sites for hydroxylation is 1. The highest BCUT2D eigenvalue weighted by atomic mass is 32.2. The number of nitrogens with two attached hydrogens (primary N) is 1. The number of methoxy groups -OCH3 is 1. The largest absolute Gasteiger partial charge is 0.497 e. The molecule has 1 aliphatic heterocycles. The van der Waals surface area contributed by atoms with Gasteiger partial charge in [-0.2, -0.15) is 0 Å². The Labute approximate surface area is 224 Å². The van der Waals surface area contributed by atoms with Gasteiger partial charge in [-0.3, -0.25) is 19.3 Å². The number of unbranched alkanes of at least 4 members (excludes halogenated alkanes) is 2. The first-order chi connectivity index (χ1) is 17.4. The van der Waals surface area contributed by atoms with Gasteiger partial charge in [0.1, 0.15) is 15.1 Å². The molecular formula is C26H29N3O4S3. The number of anilines is 1. The number of nitrogens with zero attached hydrogens (tertiary/aromatic N) is 1. The van der Waals surface area contributed by atoms with Gasteiger partial charge in [0, 0.05) is 17.8 Å². The Bertz CT molecular complexity index is 1200. The number of amides is 3. The zero-order chi connectivity index (χ0) is 25.7. The van der Waals surface area contributed by atoms with Gasteiger partial charge in [0.2, 0.25) is 5.91 Å². The molecule has 1 saturated heterocycles. The molecule has 1 fully saturated rings. The van der Waals surface area contributed by atoms with Crippen LogP contribution in [-0.4, -0.2) is 40.6 Å². The van der Waals surface area contributed by atoms with Gasteiger partial charge in [-0.25, -0.2) is 0 Å². The van der Waals surface area contributed by atoms with Crippen LogP contribution in [0.3, 0.4) is 0 Å². The Morgan fingerprint density at radius 1 is 1.17 bits per heavy atom. The van der Waals surface area contributed by atoms with Gasteiger partial charge in [0.25, 0.3) is 11.8 Å². The second kappa shape index (κ2) is 12.0. The number of thioether (sulfide) groups is 1. The summed E-state index contributed by atoms with van der Waals surface area (Å²) in [5.41, 5.74) is 8.02. The third-order valence-corrected chi connectivity index (χ3v) is 8.83. The van der Waals surface area contributed by atoms with Crippen molar-refractivity contribution in [1.29, 1.82) is 0 Å². The van der Waals surface area contributed by atoms with Crippen molar-refractivity contribution >= 4 is 68.4 Å². The number of primary amides is 1. The second-order valence-corrected chi connectivity index (χ2v) is 11.5. The minimum atomic E-state index is -0.478. The van der Waals surface area contributed by atoms with E-state index in [2.05, 4.69) is 5.32 Å². The summed E-state index contributed by atoms with van der Waals surface area (Å²) in [5.74, 6) is 0.0776. The van der Waals surface area contributed by atoms with Crippen LogP contribution in [-0.2, 0) is 22.4 Å². The Morgan fingerprint density at radius 2 is 1.92 bits per heavy atom. The number of rotatable bonds is 10. The van der Waals surface area contributed by atoms with Gasteiger partial charge in [-0.15, -0.1) is 11.3 Å². The summed E-state index contributed by atoms with van der Waals surface area (Å²) >= 11 is 8.20. The van der Waals surface area contributed by atoms with Gasteiger partial charge in [-0.1, -0.05) is 42.5 Å². The number of nitrogens with one attached hydrogen (secondary N) is 1. The third kappa shape index (κ3) is 6.16. The van der Waals surface area contributed by atoms with Crippen molar-refractivity contribution in [2.45, 2.75) is 51.4 Å². The van der Waals surface area contributed by atoms with Crippen LogP contribution in [0.2, 0.25) is 0 Å². The average Bonchev–Trinajstić information content (AvgIpc) is 3.35. The molecule has 0 atom stereocenters. The number of thiocarbonyl (C=S) groups is 1. The molecule has 0 radical (unpaired) electrons. The molecular weight excluding hydrogens is 515 g/mol. The third-order valence-electron chi connectivity index (χ3n) is 6.24. The normalized spacial score (nSPS) is 16.4. The highest BCUT2D eigenvalue weighted by molar-refractivity contribution is 8.26. The SMILES string of the molecule is COc1ccc(/C=C2\SC(=S)N(CCCCCC(=O)Nc3sc4c(c3C(N)=O)CCCC4)C2=O)cc1. The van der Waals surface area contributed by atoms with Crippen molar-refractivity contribution in [1.82, 2.24) is 4.90 Å². The second-order valence-electron chi connectivity index (χ2n) is 8.74. The van der Waals surface area contributed by atoms with E-state index in [0.717, 1.165) is 60.3 Å². The van der Waals surface area contributed by atoms with Gasteiger partial charge >= 0.3 is 0 Å². The molecule has 1 aromatic carbocycles. The van der Waals surface area contributed by atoms with Crippen molar-refractivity contribution in [3.8, 4) is 5.75 Å². The summed E-state index contributed by atoms with van der Waals surface area (Å²) < 4.78 is 5.72. The average molecular weight is 544 g/mol.